The highest BCUT2D eigenvalue weighted by Gasteiger charge is 2.13. The molecule has 0 aliphatic carbocycles. The van der Waals surface area contributed by atoms with E-state index in [1.54, 1.807) is 0 Å². The molecule has 0 saturated carbocycles. The van der Waals surface area contributed by atoms with Crippen molar-refractivity contribution in [2.75, 3.05) is 17.2 Å². The number of anilines is 2. The molecule has 2 heteroatoms. The van der Waals surface area contributed by atoms with E-state index in [9.17, 15) is 0 Å². The Bertz CT molecular complexity index is 508. The highest BCUT2D eigenvalue weighted by Crippen LogP contribution is 2.19. The van der Waals surface area contributed by atoms with Crippen molar-refractivity contribution >= 4 is 11.4 Å². The summed E-state index contributed by atoms with van der Waals surface area (Å²) in [7, 11) is 0. The Morgan fingerprint density at radius 3 is 2.42 bits per heavy atom. The van der Waals surface area contributed by atoms with Crippen LogP contribution < -0.4 is 10.6 Å². The number of nitrogens with zero attached hydrogens (tertiary/aromatic N) is 1. The van der Waals surface area contributed by atoms with Gasteiger partial charge in [-0.25, -0.2) is 0 Å². The molecule has 0 aliphatic heterocycles. The second-order valence-corrected chi connectivity index (χ2v) is 4.92. The number of nitrogens with two attached hydrogens (primary N) is 1. The Hall–Kier alpha value is -1.96. The van der Waals surface area contributed by atoms with Crippen molar-refractivity contribution in [3.63, 3.8) is 0 Å². The molecule has 2 nitrogen and oxygen atoms in total. The average Bonchev–Trinajstić information content (AvgIpc) is 2.41. The van der Waals surface area contributed by atoms with E-state index < -0.39 is 0 Å². The molecule has 2 aromatic rings. The van der Waals surface area contributed by atoms with E-state index >= 15 is 0 Å². The first-order valence-electron chi connectivity index (χ1n) is 6.87. The summed E-state index contributed by atoms with van der Waals surface area (Å²) in [4.78, 5) is 2.42. The number of likely N-dealkylation sites (N-methyl/N-ethyl adjacent to an activating group) is 1. The second kappa shape index (κ2) is 6.28. The number of nitrogen functional groups attached to an aromatic ring is 1. The molecular weight excluding hydrogens is 232 g/mol. The second-order valence-electron chi connectivity index (χ2n) is 4.92. The van der Waals surface area contributed by atoms with Gasteiger partial charge in [0, 0.05) is 24.0 Å². The Morgan fingerprint density at radius 1 is 1.05 bits per heavy atom. The van der Waals surface area contributed by atoms with Crippen molar-refractivity contribution < 1.29 is 0 Å². The first kappa shape index (κ1) is 13.5. The largest absolute Gasteiger partial charge is 0.399 e. The SMILES string of the molecule is CCN(c1ccccc1)C(C)Cc1cccc(N)c1. The van der Waals surface area contributed by atoms with E-state index in [0.717, 1.165) is 18.7 Å². The molecule has 0 fully saturated rings. The topological polar surface area (TPSA) is 29.3 Å². The van der Waals surface area contributed by atoms with Gasteiger partial charge in [-0.3, -0.25) is 0 Å². The van der Waals surface area contributed by atoms with Crippen molar-refractivity contribution in [1.82, 2.24) is 0 Å². The maximum Gasteiger partial charge on any atom is 0.0368 e. The highest BCUT2D eigenvalue weighted by atomic mass is 15.1. The number of rotatable bonds is 5. The van der Waals surface area contributed by atoms with Gasteiger partial charge in [-0.15, -0.1) is 0 Å². The maximum atomic E-state index is 5.84. The van der Waals surface area contributed by atoms with Crippen molar-refractivity contribution in [1.29, 1.82) is 0 Å². The van der Waals surface area contributed by atoms with Crippen LogP contribution in [0, 0.1) is 0 Å². The standard InChI is InChI=1S/C17H22N2/c1-3-19(17-10-5-4-6-11-17)14(2)12-15-8-7-9-16(18)13-15/h4-11,13-14H,3,12,18H2,1-2H3. The van der Waals surface area contributed by atoms with E-state index in [2.05, 4.69) is 61.2 Å². The minimum atomic E-state index is 0.453. The van der Waals surface area contributed by atoms with Crippen LogP contribution >= 0.6 is 0 Å². The van der Waals surface area contributed by atoms with Gasteiger partial charge in [0.15, 0.2) is 0 Å². The van der Waals surface area contributed by atoms with E-state index in [1.165, 1.54) is 11.3 Å². The van der Waals surface area contributed by atoms with Gasteiger partial charge >= 0.3 is 0 Å². The summed E-state index contributed by atoms with van der Waals surface area (Å²) < 4.78 is 0. The van der Waals surface area contributed by atoms with Crippen LogP contribution in [0.5, 0.6) is 0 Å². The molecule has 0 spiro atoms. The lowest BCUT2D eigenvalue weighted by atomic mass is 10.0. The van der Waals surface area contributed by atoms with Crippen molar-refractivity contribution in [2.45, 2.75) is 26.3 Å². The molecule has 0 aromatic heterocycles. The summed E-state index contributed by atoms with van der Waals surface area (Å²) in [6.45, 7) is 5.47. The molecule has 19 heavy (non-hydrogen) atoms. The Kier molecular flexibility index (Phi) is 4.45. The first-order valence-corrected chi connectivity index (χ1v) is 6.87. The monoisotopic (exact) mass is 254 g/mol. The fourth-order valence-corrected chi connectivity index (χ4v) is 2.54. The third-order valence-electron chi connectivity index (χ3n) is 3.44. The molecule has 0 aliphatic rings. The molecule has 1 atom stereocenters. The smallest absolute Gasteiger partial charge is 0.0368 e. The molecule has 2 aromatic carbocycles. The van der Waals surface area contributed by atoms with E-state index in [1.807, 2.05) is 12.1 Å². The molecule has 0 saturated heterocycles. The van der Waals surface area contributed by atoms with Gasteiger partial charge in [0.1, 0.15) is 0 Å². The van der Waals surface area contributed by atoms with Crippen molar-refractivity contribution in [2.24, 2.45) is 0 Å². The lowest BCUT2D eigenvalue weighted by Gasteiger charge is -2.30. The average molecular weight is 254 g/mol. The third-order valence-corrected chi connectivity index (χ3v) is 3.44. The summed E-state index contributed by atoms with van der Waals surface area (Å²) in [5.74, 6) is 0. The van der Waals surface area contributed by atoms with Crippen LogP contribution in [-0.2, 0) is 6.42 Å². The Balaban J connectivity index is 2.11. The van der Waals surface area contributed by atoms with Gasteiger partial charge in [-0.05, 0) is 50.1 Å². The number of benzene rings is 2. The van der Waals surface area contributed by atoms with Crippen LogP contribution in [0.25, 0.3) is 0 Å². The fraction of sp³-hybridized carbons (Fsp3) is 0.294. The van der Waals surface area contributed by atoms with E-state index in [-0.39, 0.29) is 0 Å². The lowest BCUT2D eigenvalue weighted by molar-refractivity contribution is 0.645. The molecule has 0 bridgehead atoms. The minimum Gasteiger partial charge on any atom is -0.399 e. The quantitative estimate of drug-likeness (QED) is 0.824. The molecule has 2 rings (SSSR count). The van der Waals surface area contributed by atoms with Crippen LogP contribution in [-0.4, -0.2) is 12.6 Å². The number of para-hydroxylation sites is 1. The summed E-state index contributed by atoms with van der Waals surface area (Å²) in [5.41, 5.74) is 9.25. The van der Waals surface area contributed by atoms with Gasteiger partial charge in [0.2, 0.25) is 0 Å². The van der Waals surface area contributed by atoms with Crippen LogP contribution in [0.2, 0.25) is 0 Å². The van der Waals surface area contributed by atoms with E-state index in [4.69, 9.17) is 5.73 Å². The van der Waals surface area contributed by atoms with Gasteiger partial charge in [0.05, 0.1) is 0 Å². The van der Waals surface area contributed by atoms with Crippen molar-refractivity contribution in [3.8, 4) is 0 Å². The van der Waals surface area contributed by atoms with Gasteiger partial charge < -0.3 is 10.6 Å². The fourth-order valence-electron chi connectivity index (χ4n) is 2.54. The highest BCUT2D eigenvalue weighted by molar-refractivity contribution is 5.47. The zero-order chi connectivity index (χ0) is 13.7. The normalized spacial score (nSPS) is 12.1. The molecule has 0 radical (unpaired) electrons. The van der Waals surface area contributed by atoms with Crippen LogP contribution in [0.3, 0.4) is 0 Å². The molecule has 1 unspecified atom stereocenters. The Labute approximate surface area is 115 Å². The van der Waals surface area contributed by atoms with Crippen LogP contribution in [0.1, 0.15) is 19.4 Å². The predicted octanol–water partition coefficient (Wildman–Crippen LogP) is 3.73. The molecule has 100 valence electrons. The summed E-state index contributed by atoms with van der Waals surface area (Å²) in [5, 5.41) is 0. The number of hydrogen-bond acceptors (Lipinski definition) is 2. The number of hydrogen-bond donors (Lipinski definition) is 1. The Morgan fingerprint density at radius 2 is 1.79 bits per heavy atom. The first-order chi connectivity index (χ1) is 9.20. The maximum absolute atomic E-state index is 5.84. The molecule has 0 amide bonds. The van der Waals surface area contributed by atoms with E-state index in [0.29, 0.717) is 6.04 Å². The molecular formula is C17H22N2. The zero-order valence-electron chi connectivity index (χ0n) is 11.7. The van der Waals surface area contributed by atoms with Gasteiger partial charge in [-0.1, -0.05) is 30.3 Å². The lowest BCUT2D eigenvalue weighted by Crippen LogP contribution is -2.34. The summed E-state index contributed by atoms with van der Waals surface area (Å²) in [6.07, 6.45) is 1.01. The van der Waals surface area contributed by atoms with Crippen LogP contribution in [0.4, 0.5) is 11.4 Å². The minimum absolute atomic E-state index is 0.453. The zero-order valence-corrected chi connectivity index (χ0v) is 11.7. The van der Waals surface area contributed by atoms with Gasteiger partial charge in [-0.2, -0.15) is 0 Å². The van der Waals surface area contributed by atoms with Crippen molar-refractivity contribution in [3.05, 3.63) is 60.2 Å². The summed E-state index contributed by atoms with van der Waals surface area (Å²) in [6, 6.07) is 19.2. The summed E-state index contributed by atoms with van der Waals surface area (Å²) >= 11 is 0. The van der Waals surface area contributed by atoms with Crippen LogP contribution in [0.15, 0.2) is 54.6 Å². The molecule has 2 N–H and O–H groups in total. The predicted molar refractivity (Wildman–Crippen MR) is 83.5 cm³/mol. The van der Waals surface area contributed by atoms with Gasteiger partial charge in [0.25, 0.3) is 0 Å². The molecule has 0 heterocycles. The third kappa shape index (κ3) is 3.50.